The molecule has 124 valence electrons. The number of nitrogens with zero attached hydrogens (tertiary/aromatic N) is 1. The molecular formula is C17H22N2O4. The van der Waals surface area contributed by atoms with Crippen molar-refractivity contribution in [2.45, 2.75) is 27.2 Å². The largest absolute Gasteiger partial charge is 0.481 e. The van der Waals surface area contributed by atoms with Crippen LogP contribution in [0.2, 0.25) is 0 Å². The average Bonchev–Trinajstić information content (AvgIpc) is 2.89. The number of aryl methyl sites for hydroxylation is 2. The number of carboxylic acid groups (broad SMARTS) is 1. The van der Waals surface area contributed by atoms with Gasteiger partial charge in [-0.15, -0.1) is 0 Å². The van der Waals surface area contributed by atoms with E-state index in [1.54, 1.807) is 4.90 Å². The van der Waals surface area contributed by atoms with Crippen LogP contribution in [0.25, 0.3) is 0 Å². The summed E-state index contributed by atoms with van der Waals surface area (Å²) in [4.78, 5) is 37.0. The number of carbonyl (C=O) groups excluding carboxylic acids is 2. The lowest BCUT2D eigenvalue weighted by atomic mass is 10.1. The van der Waals surface area contributed by atoms with E-state index < -0.39 is 23.7 Å². The van der Waals surface area contributed by atoms with Crippen molar-refractivity contribution in [3.8, 4) is 0 Å². The van der Waals surface area contributed by atoms with Gasteiger partial charge >= 0.3 is 5.97 Å². The van der Waals surface area contributed by atoms with E-state index in [4.69, 9.17) is 5.11 Å². The summed E-state index contributed by atoms with van der Waals surface area (Å²) in [6.07, 6.45) is 0.443. The van der Waals surface area contributed by atoms with Gasteiger partial charge in [0.25, 0.3) is 0 Å². The molecule has 0 radical (unpaired) electrons. The first-order valence-corrected chi connectivity index (χ1v) is 7.70. The third kappa shape index (κ3) is 3.70. The fourth-order valence-corrected chi connectivity index (χ4v) is 2.54. The summed E-state index contributed by atoms with van der Waals surface area (Å²) in [5.74, 6) is -3.01. The molecule has 2 amide bonds. The van der Waals surface area contributed by atoms with E-state index in [9.17, 15) is 14.4 Å². The van der Waals surface area contributed by atoms with Gasteiger partial charge in [-0.2, -0.15) is 0 Å². The lowest BCUT2D eigenvalue weighted by Crippen LogP contribution is -2.39. The predicted molar refractivity (Wildman–Crippen MR) is 86.2 cm³/mol. The van der Waals surface area contributed by atoms with Gasteiger partial charge in [-0.25, -0.2) is 0 Å². The van der Waals surface area contributed by atoms with Gasteiger partial charge in [0.2, 0.25) is 11.8 Å². The first-order valence-electron chi connectivity index (χ1n) is 7.70. The van der Waals surface area contributed by atoms with Gasteiger partial charge in [0.15, 0.2) is 0 Å². The molecule has 2 atom stereocenters. The minimum absolute atomic E-state index is 0.0294. The first kappa shape index (κ1) is 17.0. The van der Waals surface area contributed by atoms with Crippen LogP contribution in [0.15, 0.2) is 18.2 Å². The van der Waals surface area contributed by atoms with Crippen molar-refractivity contribution in [1.82, 2.24) is 5.32 Å². The van der Waals surface area contributed by atoms with Gasteiger partial charge < -0.3 is 15.3 Å². The highest BCUT2D eigenvalue weighted by atomic mass is 16.4. The Bertz CT molecular complexity index is 641. The zero-order valence-electron chi connectivity index (χ0n) is 13.6. The Morgan fingerprint density at radius 1 is 1.35 bits per heavy atom. The van der Waals surface area contributed by atoms with Gasteiger partial charge in [-0.1, -0.05) is 13.0 Å². The summed E-state index contributed by atoms with van der Waals surface area (Å²) < 4.78 is 0. The minimum Gasteiger partial charge on any atom is -0.481 e. The van der Waals surface area contributed by atoms with E-state index in [2.05, 4.69) is 5.32 Å². The van der Waals surface area contributed by atoms with E-state index >= 15 is 0 Å². The fraction of sp³-hybridized carbons (Fsp3) is 0.471. The number of rotatable bonds is 5. The molecule has 1 saturated heterocycles. The van der Waals surface area contributed by atoms with Crippen LogP contribution in [0.3, 0.4) is 0 Å². The van der Waals surface area contributed by atoms with E-state index in [0.717, 1.165) is 16.8 Å². The SMILES string of the molecule is Cc1ccc(N2CC[C@H](C(=O)NC[C@H](C)C(=O)O)C2=O)cc1C. The van der Waals surface area contributed by atoms with Gasteiger partial charge in [0.1, 0.15) is 5.92 Å². The van der Waals surface area contributed by atoms with Crippen LogP contribution in [-0.4, -0.2) is 36.0 Å². The van der Waals surface area contributed by atoms with Crippen molar-refractivity contribution in [2.75, 3.05) is 18.0 Å². The zero-order chi connectivity index (χ0) is 17.1. The predicted octanol–water partition coefficient (Wildman–Crippen LogP) is 1.49. The lowest BCUT2D eigenvalue weighted by molar-refractivity contribution is -0.141. The van der Waals surface area contributed by atoms with Gasteiger partial charge in [-0.3, -0.25) is 14.4 Å². The molecule has 0 spiro atoms. The number of aliphatic carboxylic acids is 1. The zero-order valence-corrected chi connectivity index (χ0v) is 13.6. The molecule has 23 heavy (non-hydrogen) atoms. The van der Waals surface area contributed by atoms with Crippen molar-refractivity contribution in [2.24, 2.45) is 11.8 Å². The number of carbonyl (C=O) groups is 3. The number of anilines is 1. The van der Waals surface area contributed by atoms with Crippen LogP contribution in [0, 0.1) is 25.7 Å². The smallest absolute Gasteiger partial charge is 0.308 e. The van der Waals surface area contributed by atoms with Gasteiger partial charge in [0, 0.05) is 18.8 Å². The minimum atomic E-state index is -0.972. The van der Waals surface area contributed by atoms with E-state index in [0.29, 0.717) is 13.0 Å². The second-order valence-corrected chi connectivity index (χ2v) is 6.08. The highest BCUT2D eigenvalue weighted by molar-refractivity contribution is 6.09. The summed E-state index contributed by atoms with van der Waals surface area (Å²) in [6, 6.07) is 5.78. The molecule has 0 saturated carbocycles. The van der Waals surface area contributed by atoms with Crippen LogP contribution in [0.4, 0.5) is 5.69 Å². The van der Waals surface area contributed by atoms with Crippen molar-refractivity contribution in [3.63, 3.8) is 0 Å². The maximum atomic E-state index is 12.5. The Kier molecular flexibility index (Phi) is 5.03. The van der Waals surface area contributed by atoms with Crippen LogP contribution in [-0.2, 0) is 14.4 Å². The Hall–Kier alpha value is -2.37. The molecule has 2 N–H and O–H groups in total. The van der Waals surface area contributed by atoms with E-state index in [1.165, 1.54) is 6.92 Å². The van der Waals surface area contributed by atoms with Gasteiger partial charge in [-0.05, 0) is 43.5 Å². The third-order valence-corrected chi connectivity index (χ3v) is 4.33. The van der Waals surface area contributed by atoms with Crippen molar-refractivity contribution in [3.05, 3.63) is 29.3 Å². The fourth-order valence-electron chi connectivity index (χ4n) is 2.54. The molecule has 0 unspecified atom stereocenters. The monoisotopic (exact) mass is 318 g/mol. The molecule has 0 aromatic heterocycles. The molecule has 0 aliphatic carbocycles. The number of carboxylic acids is 1. The maximum Gasteiger partial charge on any atom is 0.308 e. The quantitative estimate of drug-likeness (QED) is 0.805. The molecule has 2 rings (SSSR count). The Labute approximate surface area is 135 Å². The molecule has 0 bridgehead atoms. The molecule has 1 fully saturated rings. The number of benzene rings is 1. The van der Waals surface area contributed by atoms with Crippen LogP contribution < -0.4 is 10.2 Å². The average molecular weight is 318 g/mol. The number of hydrogen-bond acceptors (Lipinski definition) is 3. The maximum absolute atomic E-state index is 12.5. The van der Waals surface area contributed by atoms with Crippen LogP contribution >= 0.6 is 0 Å². The second-order valence-electron chi connectivity index (χ2n) is 6.08. The number of nitrogens with one attached hydrogen (secondary N) is 1. The van der Waals surface area contributed by atoms with Crippen LogP contribution in [0.5, 0.6) is 0 Å². The van der Waals surface area contributed by atoms with Crippen molar-refractivity contribution >= 4 is 23.5 Å². The molecule has 1 heterocycles. The topological polar surface area (TPSA) is 86.7 Å². The van der Waals surface area contributed by atoms with Crippen molar-refractivity contribution in [1.29, 1.82) is 0 Å². The van der Waals surface area contributed by atoms with Crippen LogP contribution in [0.1, 0.15) is 24.5 Å². The lowest BCUT2D eigenvalue weighted by Gasteiger charge is -2.18. The normalized spacial score (nSPS) is 18.8. The van der Waals surface area contributed by atoms with Gasteiger partial charge in [0.05, 0.1) is 5.92 Å². The summed E-state index contributed by atoms with van der Waals surface area (Å²) in [5.41, 5.74) is 3.04. The highest BCUT2D eigenvalue weighted by Crippen LogP contribution is 2.27. The standard InChI is InChI=1S/C17H22N2O4/c1-10-4-5-13(8-11(10)2)19-7-6-14(16(19)21)15(20)18-9-12(3)17(22)23/h4-5,8,12,14H,6-7,9H2,1-3H3,(H,18,20)(H,22,23)/t12-,14+/m0/s1. The molecule has 6 heteroatoms. The van der Waals surface area contributed by atoms with Crippen molar-refractivity contribution < 1.29 is 19.5 Å². The number of hydrogen-bond donors (Lipinski definition) is 2. The first-order chi connectivity index (χ1) is 10.8. The molecular weight excluding hydrogens is 296 g/mol. The Morgan fingerprint density at radius 3 is 2.65 bits per heavy atom. The second kappa shape index (κ2) is 6.81. The highest BCUT2D eigenvalue weighted by Gasteiger charge is 2.37. The summed E-state index contributed by atoms with van der Waals surface area (Å²) in [5, 5.41) is 11.4. The molecule has 6 nitrogen and oxygen atoms in total. The number of amides is 2. The Morgan fingerprint density at radius 2 is 2.04 bits per heavy atom. The molecule has 1 aliphatic heterocycles. The third-order valence-electron chi connectivity index (χ3n) is 4.33. The van der Waals surface area contributed by atoms with E-state index in [-0.39, 0.29) is 12.5 Å². The van der Waals surface area contributed by atoms with E-state index in [1.807, 2.05) is 32.0 Å². The molecule has 1 aliphatic rings. The molecule has 1 aromatic carbocycles. The summed E-state index contributed by atoms with van der Waals surface area (Å²) in [6.45, 7) is 6.03. The summed E-state index contributed by atoms with van der Waals surface area (Å²) >= 11 is 0. The molecule has 1 aromatic rings. The Balaban J connectivity index is 2.02. The summed E-state index contributed by atoms with van der Waals surface area (Å²) in [7, 11) is 0.